The number of aromatic nitrogens is 1. The van der Waals surface area contributed by atoms with Gasteiger partial charge in [0.25, 0.3) is 5.69 Å². The second-order valence-corrected chi connectivity index (χ2v) is 2.08. The fraction of sp³-hybridized carbons (Fsp3) is 0.143. The normalized spacial score (nSPS) is 8.45. The van der Waals surface area contributed by atoms with Crippen LogP contribution < -0.4 is 22.7 Å². The van der Waals surface area contributed by atoms with Gasteiger partial charge in [-0.25, -0.2) is 0 Å². The maximum atomic E-state index is 10.3. The molecule has 0 saturated heterocycles. The molecule has 0 radical (unpaired) electrons. The minimum Gasteiger partial charge on any atom is -1.00 e. The molecule has 0 spiro atoms. The molecule has 0 aliphatic carbocycles. The van der Waals surface area contributed by atoms with E-state index in [1.807, 2.05) is 0 Å². The lowest BCUT2D eigenvalue weighted by atomic mass is 10.3. The van der Waals surface area contributed by atoms with Gasteiger partial charge in [0.15, 0.2) is 6.20 Å². The lowest BCUT2D eigenvalue weighted by Crippen LogP contribution is -3.00. The van der Waals surface area contributed by atoms with E-state index in [0.717, 1.165) is 6.29 Å². The number of rotatable bonds is 1. The van der Waals surface area contributed by atoms with Crippen LogP contribution in [0.25, 0.3) is 0 Å². The van der Waals surface area contributed by atoms with E-state index in [2.05, 4.69) is 0 Å². The van der Waals surface area contributed by atoms with Crippen molar-refractivity contribution in [2.45, 2.75) is 0 Å². The van der Waals surface area contributed by atoms with Gasteiger partial charge < -0.3 is 18.1 Å². The van der Waals surface area contributed by atoms with E-state index in [0.29, 0.717) is 11.4 Å². The summed E-state index contributed by atoms with van der Waals surface area (Å²) in [5, 5.41) is 0. The van der Waals surface area contributed by atoms with Crippen molar-refractivity contribution in [1.82, 2.24) is 0 Å². The molecule has 0 fully saturated rings. The van der Waals surface area contributed by atoms with Gasteiger partial charge in [0.2, 0.25) is 6.29 Å². The van der Waals surface area contributed by atoms with Crippen molar-refractivity contribution in [2.24, 2.45) is 7.05 Å². The average Bonchev–Trinajstić information content (AvgIpc) is 1.88. The number of hydrogen-bond donors (Lipinski definition) is 1. The Bertz CT molecular complexity index is 242. The van der Waals surface area contributed by atoms with Crippen LogP contribution in [-0.2, 0) is 7.05 Å². The Morgan fingerprint density at radius 3 is 2.64 bits per heavy atom. The summed E-state index contributed by atoms with van der Waals surface area (Å²) in [6, 6.07) is 3.49. The zero-order chi connectivity index (χ0) is 7.56. The lowest BCUT2D eigenvalue weighted by molar-refractivity contribution is -0.672. The zero-order valence-corrected chi connectivity index (χ0v) is 6.88. The van der Waals surface area contributed by atoms with E-state index >= 15 is 0 Å². The Labute approximate surface area is 71.2 Å². The molecule has 1 aromatic rings. The molecule has 4 heteroatoms. The summed E-state index contributed by atoms with van der Waals surface area (Å²) in [4.78, 5) is 10.3. The van der Waals surface area contributed by atoms with Gasteiger partial charge in [0.05, 0.1) is 0 Å². The molecule has 1 heterocycles. The summed E-state index contributed by atoms with van der Waals surface area (Å²) in [6.07, 6.45) is 2.52. The predicted molar refractivity (Wildman–Crippen MR) is 37.4 cm³/mol. The van der Waals surface area contributed by atoms with E-state index in [9.17, 15) is 4.79 Å². The summed E-state index contributed by atoms with van der Waals surface area (Å²) >= 11 is 0. The summed E-state index contributed by atoms with van der Waals surface area (Å²) in [5.41, 5.74) is 6.51. The number of aldehydes is 1. The van der Waals surface area contributed by atoms with Crippen molar-refractivity contribution in [2.75, 3.05) is 5.73 Å². The third-order valence-electron chi connectivity index (χ3n) is 1.37. The molecule has 1 rings (SSSR count). The largest absolute Gasteiger partial charge is 1.00 e. The molecular formula is C7H9ClN2O. The minimum atomic E-state index is 0. The van der Waals surface area contributed by atoms with Crippen LogP contribution in [0.15, 0.2) is 18.3 Å². The Morgan fingerprint density at radius 2 is 2.27 bits per heavy atom. The first-order valence-electron chi connectivity index (χ1n) is 2.95. The van der Waals surface area contributed by atoms with Gasteiger partial charge in [-0.05, 0) is 6.07 Å². The number of nitrogens with two attached hydrogens (primary N) is 1. The molecule has 0 bridgehead atoms. The number of nitrogens with zero attached hydrogens (tertiary/aromatic N) is 1. The van der Waals surface area contributed by atoms with Gasteiger partial charge in [-0.1, -0.05) is 0 Å². The summed E-state index contributed by atoms with van der Waals surface area (Å²) < 4.78 is 1.68. The smallest absolute Gasteiger partial charge is 0.268 e. The minimum absolute atomic E-state index is 0. The highest BCUT2D eigenvalue weighted by molar-refractivity contribution is 5.77. The number of pyridine rings is 1. The first-order valence-corrected chi connectivity index (χ1v) is 2.95. The molecule has 0 aliphatic rings. The molecule has 2 N–H and O–H groups in total. The number of halogens is 1. The van der Waals surface area contributed by atoms with Crippen molar-refractivity contribution in [1.29, 1.82) is 0 Å². The summed E-state index contributed by atoms with van der Waals surface area (Å²) in [7, 11) is 1.78. The highest BCUT2D eigenvalue weighted by atomic mass is 35.5. The topological polar surface area (TPSA) is 47.0 Å². The molecular weight excluding hydrogens is 164 g/mol. The maximum Gasteiger partial charge on any atom is 0.268 e. The van der Waals surface area contributed by atoms with Gasteiger partial charge in [-0.2, -0.15) is 4.57 Å². The molecule has 3 nitrogen and oxygen atoms in total. The maximum absolute atomic E-state index is 10.3. The summed E-state index contributed by atoms with van der Waals surface area (Å²) in [5.74, 6) is 0. The van der Waals surface area contributed by atoms with Gasteiger partial charge in [-0.3, -0.25) is 4.79 Å². The predicted octanol–water partition coefficient (Wildman–Crippen LogP) is -3.09. The monoisotopic (exact) mass is 172 g/mol. The van der Waals surface area contributed by atoms with Crippen LogP contribution in [0.1, 0.15) is 10.5 Å². The lowest BCUT2D eigenvalue weighted by Gasteiger charge is -1.93. The van der Waals surface area contributed by atoms with Crippen LogP contribution in [-0.4, -0.2) is 6.29 Å². The van der Waals surface area contributed by atoms with Crippen molar-refractivity contribution < 1.29 is 21.8 Å². The third-order valence-corrected chi connectivity index (χ3v) is 1.37. The van der Waals surface area contributed by atoms with Gasteiger partial charge in [0, 0.05) is 6.07 Å². The van der Waals surface area contributed by atoms with Crippen molar-refractivity contribution in [3.63, 3.8) is 0 Å². The van der Waals surface area contributed by atoms with Crippen LogP contribution >= 0.6 is 0 Å². The number of anilines is 1. The molecule has 0 atom stereocenters. The van der Waals surface area contributed by atoms with E-state index in [1.54, 1.807) is 29.9 Å². The van der Waals surface area contributed by atoms with E-state index in [-0.39, 0.29) is 12.4 Å². The molecule has 60 valence electrons. The molecule has 11 heavy (non-hydrogen) atoms. The van der Waals surface area contributed by atoms with Crippen LogP contribution in [0.5, 0.6) is 0 Å². The number of nitrogen functional groups attached to an aromatic ring is 1. The second kappa shape index (κ2) is 3.93. The van der Waals surface area contributed by atoms with E-state index < -0.39 is 0 Å². The Kier molecular flexibility index (Phi) is 3.54. The quantitative estimate of drug-likeness (QED) is 0.361. The van der Waals surface area contributed by atoms with Crippen molar-refractivity contribution >= 4 is 12.0 Å². The standard InChI is InChI=1S/C7H8N2O.ClH/c1-9-4-2-3-6(8)7(9)5-10;/h2-5H,1H3,(H-,8,10);1H. The van der Waals surface area contributed by atoms with E-state index in [1.165, 1.54) is 0 Å². The van der Waals surface area contributed by atoms with Crippen LogP contribution in [0.4, 0.5) is 5.69 Å². The number of aryl methyl sites for hydroxylation is 1. The molecule has 0 aromatic carbocycles. The van der Waals surface area contributed by atoms with Crippen molar-refractivity contribution in [3.05, 3.63) is 24.0 Å². The first-order chi connectivity index (χ1) is 4.75. The van der Waals surface area contributed by atoms with Gasteiger partial charge in [0.1, 0.15) is 12.7 Å². The van der Waals surface area contributed by atoms with E-state index in [4.69, 9.17) is 5.73 Å². The average molecular weight is 173 g/mol. The number of hydrogen-bond acceptors (Lipinski definition) is 2. The fourth-order valence-corrected chi connectivity index (χ4v) is 0.796. The van der Waals surface area contributed by atoms with Crippen LogP contribution in [0.2, 0.25) is 0 Å². The van der Waals surface area contributed by atoms with Crippen LogP contribution in [0.3, 0.4) is 0 Å². The highest BCUT2D eigenvalue weighted by Crippen LogP contribution is 2.00. The second-order valence-electron chi connectivity index (χ2n) is 2.08. The molecule has 0 saturated carbocycles. The highest BCUT2D eigenvalue weighted by Gasteiger charge is 2.06. The fourth-order valence-electron chi connectivity index (χ4n) is 0.796. The van der Waals surface area contributed by atoms with Gasteiger partial charge >= 0.3 is 0 Å². The third kappa shape index (κ3) is 1.91. The summed E-state index contributed by atoms with van der Waals surface area (Å²) in [6.45, 7) is 0. The Hall–Kier alpha value is -1.09. The number of carbonyl (C=O) groups is 1. The molecule has 1 aromatic heterocycles. The SMILES string of the molecule is C[n+]1cccc(N)c1C=O.[Cl-]. The van der Waals surface area contributed by atoms with Crippen LogP contribution in [0, 0.1) is 0 Å². The Morgan fingerprint density at radius 1 is 1.64 bits per heavy atom. The van der Waals surface area contributed by atoms with Crippen molar-refractivity contribution in [3.8, 4) is 0 Å². The van der Waals surface area contributed by atoms with Gasteiger partial charge in [-0.15, -0.1) is 0 Å². The molecule has 0 amide bonds. The molecule has 0 unspecified atom stereocenters. The first kappa shape index (κ1) is 9.91. The zero-order valence-electron chi connectivity index (χ0n) is 6.12. The Balaban J connectivity index is 0.000001000. The molecule has 0 aliphatic heterocycles. The number of carbonyl (C=O) groups excluding carboxylic acids is 1.